The van der Waals surface area contributed by atoms with Crippen LogP contribution in [0, 0.1) is 5.92 Å². The number of hydrogen-bond acceptors (Lipinski definition) is 4. The number of aliphatic hydroxyl groups excluding tert-OH is 1. The van der Waals surface area contributed by atoms with Crippen LogP contribution < -0.4 is 5.32 Å². The van der Waals surface area contributed by atoms with Gasteiger partial charge in [0.15, 0.2) is 0 Å². The number of aliphatic hydroxyl groups is 1. The lowest BCUT2D eigenvalue weighted by atomic mass is 9.95. The zero-order valence-corrected chi connectivity index (χ0v) is 10.5. The highest BCUT2D eigenvalue weighted by Gasteiger charge is 2.44. The van der Waals surface area contributed by atoms with Crippen molar-refractivity contribution in [3.8, 4) is 0 Å². The number of ether oxygens (including phenoxy) is 2. The van der Waals surface area contributed by atoms with E-state index in [1.54, 1.807) is 0 Å². The van der Waals surface area contributed by atoms with Crippen LogP contribution in [0.5, 0.6) is 0 Å². The van der Waals surface area contributed by atoms with E-state index in [1.165, 1.54) is 12.8 Å². The fourth-order valence-electron chi connectivity index (χ4n) is 2.05. The summed E-state index contributed by atoms with van der Waals surface area (Å²) in [6.45, 7) is 7.60. The maximum atomic E-state index is 9.55. The van der Waals surface area contributed by atoms with Crippen molar-refractivity contribution >= 4 is 0 Å². The Morgan fingerprint density at radius 3 is 2.44 bits per heavy atom. The standard InChI is InChI=1S/C12H25NO3/c1-3-13-12(9-14,11-5-6-11)10-16-8-7-15-4-2/h11,13-14H,3-10H2,1-2H3. The molecule has 0 aliphatic heterocycles. The van der Waals surface area contributed by atoms with E-state index < -0.39 is 0 Å². The van der Waals surface area contributed by atoms with Crippen LogP contribution in [-0.4, -0.2) is 50.2 Å². The normalized spacial score (nSPS) is 19.7. The molecule has 4 nitrogen and oxygen atoms in total. The van der Waals surface area contributed by atoms with Gasteiger partial charge in [0.05, 0.1) is 32.0 Å². The quantitative estimate of drug-likeness (QED) is 0.546. The lowest BCUT2D eigenvalue weighted by Gasteiger charge is -2.32. The van der Waals surface area contributed by atoms with Gasteiger partial charge in [-0.1, -0.05) is 6.92 Å². The molecule has 0 spiro atoms. The van der Waals surface area contributed by atoms with E-state index in [9.17, 15) is 5.11 Å². The molecule has 0 aromatic heterocycles. The number of hydrogen-bond donors (Lipinski definition) is 2. The molecule has 0 aromatic rings. The molecule has 0 amide bonds. The Labute approximate surface area is 98.3 Å². The molecule has 16 heavy (non-hydrogen) atoms. The highest BCUT2D eigenvalue weighted by molar-refractivity contribution is 5.00. The Balaban J connectivity index is 2.26. The highest BCUT2D eigenvalue weighted by Crippen LogP contribution is 2.39. The molecular weight excluding hydrogens is 206 g/mol. The first-order chi connectivity index (χ1) is 7.79. The van der Waals surface area contributed by atoms with Crippen molar-refractivity contribution in [1.29, 1.82) is 0 Å². The first kappa shape index (κ1) is 13.9. The van der Waals surface area contributed by atoms with Gasteiger partial charge in [-0.15, -0.1) is 0 Å². The van der Waals surface area contributed by atoms with E-state index in [0.29, 0.717) is 25.7 Å². The van der Waals surface area contributed by atoms with Gasteiger partial charge in [0.1, 0.15) is 0 Å². The fraction of sp³-hybridized carbons (Fsp3) is 1.00. The Bertz CT molecular complexity index is 185. The van der Waals surface area contributed by atoms with Gasteiger partial charge in [0, 0.05) is 6.61 Å². The largest absolute Gasteiger partial charge is 0.394 e. The minimum atomic E-state index is -0.221. The van der Waals surface area contributed by atoms with Crippen molar-refractivity contribution in [3.05, 3.63) is 0 Å². The van der Waals surface area contributed by atoms with Crippen molar-refractivity contribution in [2.45, 2.75) is 32.2 Å². The maximum Gasteiger partial charge on any atom is 0.0701 e. The zero-order valence-electron chi connectivity index (χ0n) is 10.5. The SMILES string of the molecule is CCNC(CO)(COCCOCC)C1CC1. The van der Waals surface area contributed by atoms with E-state index in [1.807, 2.05) is 6.92 Å². The van der Waals surface area contributed by atoms with Crippen molar-refractivity contribution in [3.63, 3.8) is 0 Å². The van der Waals surface area contributed by atoms with E-state index in [-0.39, 0.29) is 12.1 Å². The van der Waals surface area contributed by atoms with E-state index >= 15 is 0 Å². The third kappa shape index (κ3) is 4.01. The van der Waals surface area contributed by atoms with Crippen LogP contribution in [0.1, 0.15) is 26.7 Å². The minimum absolute atomic E-state index is 0.153. The molecule has 1 aliphatic rings. The maximum absolute atomic E-state index is 9.55. The van der Waals surface area contributed by atoms with Crippen LogP contribution in [0.25, 0.3) is 0 Å². The molecule has 96 valence electrons. The molecule has 1 fully saturated rings. The zero-order chi connectivity index (χ0) is 11.9. The van der Waals surface area contributed by atoms with Crippen LogP contribution in [0.15, 0.2) is 0 Å². The average molecular weight is 231 g/mol. The fourth-order valence-corrected chi connectivity index (χ4v) is 2.05. The summed E-state index contributed by atoms with van der Waals surface area (Å²) in [5.41, 5.74) is -0.221. The summed E-state index contributed by atoms with van der Waals surface area (Å²) < 4.78 is 10.8. The van der Waals surface area contributed by atoms with Gasteiger partial charge in [-0.25, -0.2) is 0 Å². The van der Waals surface area contributed by atoms with Crippen LogP contribution in [0.3, 0.4) is 0 Å². The molecule has 0 heterocycles. The molecule has 1 unspecified atom stereocenters. The first-order valence-corrected chi connectivity index (χ1v) is 6.30. The van der Waals surface area contributed by atoms with Gasteiger partial charge in [-0.05, 0) is 32.2 Å². The summed E-state index contributed by atoms with van der Waals surface area (Å²) in [5, 5.41) is 12.9. The van der Waals surface area contributed by atoms with Crippen molar-refractivity contribution in [2.24, 2.45) is 5.92 Å². The van der Waals surface area contributed by atoms with E-state index in [0.717, 1.165) is 13.2 Å². The van der Waals surface area contributed by atoms with Crippen molar-refractivity contribution in [1.82, 2.24) is 5.32 Å². The highest BCUT2D eigenvalue weighted by atomic mass is 16.5. The summed E-state index contributed by atoms with van der Waals surface area (Å²) in [4.78, 5) is 0. The molecule has 1 rings (SSSR count). The molecule has 1 aliphatic carbocycles. The second-order valence-electron chi connectivity index (χ2n) is 4.37. The van der Waals surface area contributed by atoms with Crippen molar-refractivity contribution in [2.75, 3.05) is 39.6 Å². The molecular formula is C12H25NO3. The first-order valence-electron chi connectivity index (χ1n) is 6.30. The molecule has 0 aromatic carbocycles. The van der Waals surface area contributed by atoms with Crippen LogP contribution in [0.2, 0.25) is 0 Å². The monoisotopic (exact) mass is 231 g/mol. The Morgan fingerprint density at radius 2 is 1.94 bits per heavy atom. The smallest absolute Gasteiger partial charge is 0.0701 e. The van der Waals surface area contributed by atoms with Gasteiger partial charge in [0.25, 0.3) is 0 Å². The summed E-state index contributed by atoms with van der Waals surface area (Å²) >= 11 is 0. The third-order valence-corrected chi connectivity index (χ3v) is 3.11. The summed E-state index contributed by atoms with van der Waals surface area (Å²) in [7, 11) is 0. The molecule has 0 bridgehead atoms. The van der Waals surface area contributed by atoms with Gasteiger partial charge >= 0.3 is 0 Å². The van der Waals surface area contributed by atoms with Gasteiger partial charge in [-0.2, -0.15) is 0 Å². The average Bonchev–Trinajstić information content (AvgIpc) is 3.11. The van der Waals surface area contributed by atoms with E-state index in [2.05, 4.69) is 12.2 Å². The molecule has 0 radical (unpaired) electrons. The lowest BCUT2D eigenvalue weighted by molar-refractivity contribution is -0.00193. The Morgan fingerprint density at radius 1 is 1.25 bits per heavy atom. The van der Waals surface area contributed by atoms with Crippen molar-refractivity contribution < 1.29 is 14.6 Å². The molecule has 4 heteroatoms. The van der Waals surface area contributed by atoms with Crippen LogP contribution in [-0.2, 0) is 9.47 Å². The summed E-state index contributed by atoms with van der Waals surface area (Å²) in [5.74, 6) is 0.574. The van der Waals surface area contributed by atoms with E-state index in [4.69, 9.17) is 9.47 Å². The van der Waals surface area contributed by atoms with Crippen LogP contribution >= 0.6 is 0 Å². The number of likely N-dealkylation sites (N-methyl/N-ethyl adjacent to an activating group) is 1. The van der Waals surface area contributed by atoms with Gasteiger partial charge in [0.2, 0.25) is 0 Å². The summed E-state index contributed by atoms with van der Waals surface area (Å²) in [6, 6.07) is 0. The predicted octanol–water partition coefficient (Wildman–Crippen LogP) is 0.790. The third-order valence-electron chi connectivity index (χ3n) is 3.11. The van der Waals surface area contributed by atoms with Gasteiger partial charge in [-0.3, -0.25) is 0 Å². The second kappa shape index (κ2) is 7.22. The van der Waals surface area contributed by atoms with Crippen LogP contribution in [0.4, 0.5) is 0 Å². The topological polar surface area (TPSA) is 50.7 Å². The molecule has 1 saturated carbocycles. The number of rotatable bonds is 10. The molecule has 2 N–H and O–H groups in total. The molecule has 1 atom stereocenters. The molecule has 0 saturated heterocycles. The van der Waals surface area contributed by atoms with Gasteiger partial charge < -0.3 is 19.9 Å². The summed E-state index contributed by atoms with van der Waals surface area (Å²) in [6.07, 6.45) is 2.39. The predicted molar refractivity (Wildman–Crippen MR) is 63.5 cm³/mol. The number of nitrogens with one attached hydrogen (secondary N) is 1. The lowest BCUT2D eigenvalue weighted by Crippen LogP contribution is -2.54. The minimum Gasteiger partial charge on any atom is -0.394 e. The Kier molecular flexibility index (Phi) is 6.28. The Hall–Kier alpha value is -0.160. The second-order valence-corrected chi connectivity index (χ2v) is 4.37.